The van der Waals surface area contributed by atoms with Gasteiger partial charge in [0.2, 0.25) is 5.95 Å². The third-order valence-electron chi connectivity index (χ3n) is 9.46. The number of carbonyl (C=O) groups is 2. The molecule has 0 spiro atoms. The molecule has 186 valence electrons. The van der Waals surface area contributed by atoms with Crippen LogP contribution in [0.25, 0.3) is 0 Å². The summed E-state index contributed by atoms with van der Waals surface area (Å²) in [5.74, 6) is -0.159. The lowest BCUT2D eigenvalue weighted by molar-refractivity contribution is -0.205. The van der Waals surface area contributed by atoms with Crippen molar-refractivity contribution in [2.75, 3.05) is 11.5 Å². The van der Waals surface area contributed by atoms with Gasteiger partial charge in [0.1, 0.15) is 18.2 Å². The second-order valence-electron chi connectivity index (χ2n) is 11.0. The highest BCUT2D eigenvalue weighted by atomic mass is 32.2. The number of thioether (sulfide) groups is 1. The monoisotopic (exact) mass is 488 g/mol. The number of hydrogen-bond donors (Lipinski definition) is 2. The van der Waals surface area contributed by atoms with Crippen molar-refractivity contribution in [1.29, 1.82) is 0 Å². The van der Waals surface area contributed by atoms with Crippen molar-refractivity contribution in [2.24, 2.45) is 34.0 Å². The molecule has 3 fully saturated rings. The van der Waals surface area contributed by atoms with E-state index in [0.717, 1.165) is 31.0 Å². The molecule has 9 heteroatoms. The molecular formula is C25H36N4O4S. The molecular weight excluding hydrogens is 452 g/mol. The number of ketones is 1. The molecule has 8 nitrogen and oxygen atoms in total. The maximum atomic E-state index is 13.4. The lowest BCUT2D eigenvalue weighted by Gasteiger charge is -2.61. The Kier molecular flexibility index (Phi) is 6.57. The van der Waals surface area contributed by atoms with Crippen molar-refractivity contribution in [3.05, 3.63) is 19.0 Å². The number of rotatable bonds is 5. The van der Waals surface area contributed by atoms with Gasteiger partial charge in [-0.25, -0.2) is 9.97 Å². The van der Waals surface area contributed by atoms with E-state index in [0.29, 0.717) is 18.0 Å². The molecule has 3 N–H and O–H groups in total. The summed E-state index contributed by atoms with van der Waals surface area (Å²) in [7, 11) is 0. The number of aromatic nitrogens is 3. The summed E-state index contributed by atoms with van der Waals surface area (Å²) >= 11 is 1.14. The van der Waals surface area contributed by atoms with Gasteiger partial charge >= 0.3 is 5.97 Å². The van der Waals surface area contributed by atoms with E-state index in [-0.39, 0.29) is 40.7 Å². The van der Waals surface area contributed by atoms with Gasteiger partial charge in [-0.1, -0.05) is 45.5 Å². The number of Topliss-reactive ketones (excluding diaryl/α,β-unsaturated/α-hetero) is 1. The minimum atomic E-state index is -0.680. The Balaban J connectivity index is 1.68. The van der Waals surface area contributed by atoms with Gasteiger partial charge < -0.3 is 15.6 Å². The molecule has 4 rings (SSSR count). The van der Waals surface area contributed by atoms with Gasteiger partial charge in [0.15, 0.2) is 5.16 Å². The van der Waals surface area contributed by atoms with Crippen LogP contribution >= 0.6 is 11.8 Å². The zero-order chi connectivity index (χ0) is 24.9. The number of nitrogens with zero attached hydrogens (tertiary/aromatic N) is 3. The molecule has 1 aromatic rings. The predicted octanol–water partition coefficient (Wildman–Crippen LogP) is 3.45. The standard InChI is InChI=1S/C25H36N4O4S/c1-6-23(4)11-17(33-18(31)12-34-22-28-13-27-21(26)29-22)24(5)14(2)7-9-25(15(3)20(23)32)10-8-16(30)19(24)25/h6,13-15,17,19-20,32H,1,7-12H2,2-5H3,(H2,26,27,28,29)/t14-,15+,17-,19+,20+,23-,24+,25+/m1/s1. The Morgan fingerprint density at radius 1 is 1.35 bits per heavy atom. The topological polar surface area (TPSA) is 128 Å². The Bertz CT molecular complexity index is 991. The number of nitrogens with two attached hydrogens (primary N) is 1. The number of nitrogen functional groups attached to an aromatic ring is 1. The van der Waals surface area contributed by atoms with Crippen molar-refractivity contribution >= 4 is 29.5 Å². The van der Waals surface area contributed by atoms with Gasteiger partial charge in [-0.15, -0.1) is 6.58 Å². The summed E-state index contributed by atoms with van der Waals surface area (Å²) < 4.78 is 6.20. The van der Waals surface area contributed by atoms with E-state index < -0.39 is 29.0 Å². The van der Waals surface area contributed by atoms with Gasteiger partial charge in [0.05, 0.1) is 11.9 Å². The van der Waals surface area contributed by atoms with Crippen molar-refractivity contribution in [1.82, 2.24) is 15.0 Å². The molecule has 1 heterocycles. The first-order valence-electron chi connectivity index (χ1n) is 12.1. The number of aliphatic hydroxyl groups excluding tert-OH is 1. The summed E-state index contributed by atoms with van der Waals surface area (Å²) in [6.45, 7) is 12.4. The normalized spacial score (nSPS) is 41.8. The molecule has 0 unspecified atom stereocenters. The van der Waals surface area contributed by atoms with E-state index in [2.05, 4.69) is 42.3 Å². The first kappa shape index (κ1) is 25.1. The molecule has 3 saturated carbocycles. The van der Waals surface area contributed by atoms with Crippen LogP contribution in [0.3, 0.4) is 0 Å². The Hall–Kier alpha value is -2.00. The molecule has 0 amide bonds. The molecule has 0 radical (unpaired) electrons. The minimum absolute atomic E-state index is 0.0118. The largest absolute Gasteiger partial charge is 0.461 e. The van der Waals surface area contributed by atoms with Crippen LogP contribution in [0.15, 0.2) is 24.1 Å². The lowest BCUT2D eigenvalue weighted by atomic mass is 9.44. The first-order chi connectivity index (χ1) is 16.0. The lowest BCUT2D eigenvalue weighted by Crippen LogP contribution is -2.63. The quantitative estimate of drug-likeness (QED) is 0.364. The van der Waals surface area contributed by atoms with Crippen molar-refractivity contribution in [2.45, 2.75) is 77.2 Å². The Morgan fingerprint density at radius 3 is 2.76 bits per heavy atom. The zero-order valence-corrected chi connectivity index (χ0v) is 21.3. The Labute approximate surface area is 205 Å². The zero-order valence-electron chi connectivity index (χ0n) is 20.5. The molecule has 3 aliphatic rings. The number of anilines is 1. The average molecular weight is 489 g/mol. The van der Waals surface area contributed by atoms with Crippen molar-refractivity contribution < 1.29 is 19.4 Å². The van der Waals surface area contributed by atoms with Crippen LogP contribution in [0.1, 0.15) is 59.8 Å². The molecule has 0 aromatic carbocycles. The van der Waals surface area contributed by atoms with E-state index in [9.17, 15) is 14.7 Å². The predicted molar refractivity (Wildman–Crippen MR) is 130 cm³/mol. The molecule has 2 bridgehead atoms. The second kappa shape index (κ2) is 8.90. The number of carbonyl (C=O) groups excluding carboxylic acids is 2. The molecule has 1 aromatic heterocycles. The van der Waals surface area contributed by atoms with Gasteiger partial charge in [0, 0.05) is 23.2 Å². The molecule has 0 saturated heterocycles. The highest BCUT2D eigenvalue weighted by molar-refractivity contribution is 7.99. The number of ether oxygens (including phenoxy) is 1. The second-order valence-corrected chi connectivity index (χ2v) is 11.9. The fourth-order valence-corrected chi connectivity index (χ4v) is 7.77. The molecule has 0 aliphatic heterocycles. The highest BCUT2D eigenvalue weighted by Crippen LogP contribution is 2.68. The fourth-order valence-electron chi connectivity index (χ4n) is 7.18. The summed E-state index contributed by atoms with van der Waals surface area (Å²) in [6.07, 6.45) is 5.45. The SMILES string of the molecule is C=C[C@]1(C)C[C@@H](OC(=O)CSc2ncnc(N)n2)[C@]2(C)[C@H](C)CC[C@]3(CCC(=O)[C@H]32)[C@@H](C)[C@@H]1O. The fraction of sp³-hybridized carbons (Fsp3) is 0.720. The third kappa shape index (κ3) is 3.85. The summed E-state index contributed by atoms with van der Waals surface area (Å²) in [6, 6.07) is 0. The Morgan fingerprint density at radius 2 is 2.09 bits per heavy atom. The summed E-state index contributed by atoms with van der Waals surface area (Å²) in [4.78, 5) is 38.3. The van der Waals surface area contributed by atoms with Crippen LogP contribution in [0.4, 0.5) is 5.95 Å². The smallest absolute Gasteiger partial charge is 0.316 e. The van der Waals surface area contributed by atoms with Crippen LogP contribution in [-0.2, 0) is 14.3 Å². The first-order valence-corrected chi connectivity index (χ1v) is 13.1. The van der Waals surface area contributed by atoms with Gasteiger partial charge in [-0.05, 0) is 42.9 Å². The van der Waals surface area contributed by atoms with Crippen molar-refractivity contribution in [3.63, 3.8) is 0 Å². The minimum Gasteiger partial charge on any atom is -0.461 e. The van der Waals surface area contributed by atoms with Crippen LogP contribution in [0.5, 0.6) is 0 Å². The molecule has 34 heavy (non-hydrogen) atoms. The van der Waals surface area contributed by atoms with E-state index in [1.165, 1.54) is 6.33 Å². The van der Waals surface area contributed by atoms with E-state index in [4.69, 9.17) is 10.5 Å². The summed E-state index contributed by atoms with van der Waals surface area (Å²) in [5.41, 5.74) is 4.15. The van der Waals surface area contributed by atoms with Crippen LogP contribution in [0, 0.1) is 34.0 Å². The van der Waals surface area contributed by atoms with Crippen LogP contribution in [-0.4, -0.2) is 49.8 Å². The van der Waals surface area contributed by atoms with Crippen molar-refractivity contribution in [3.8, 4) is 0 Å². The van der Waals surface area contributed by atoms with Gasteiger partial charge in [-0.2, -0.15) is 4.98 Å². The maximum absolute atomic E-state index is 13.4. The van der Waals surface area contributed by atoms with E-state index in [1.54, 1.807) is 6.08 Å². The summed E-state index contributed by atoms with van der Waals surface area (Å²) in [5, 5.41) is 11.9. The maximum Gasteiger partial charge on any atom is 0.316 e. The van der Waals surface area contributed by atoms with Gasteiger partial charge in [-0.3, -0.25) is 9.59 Å². The average Bonchev–Trinajstić information content (AvgIpc) is 3.16. The van der Waals surface area contributed by atoms with E-state index >= 15 is 0 Å². The third-order valence-corrected chi connectivity index (χ3v) is 10.3. The van der Waals surface area contributed by atoms with Crippen LogP contribution in [0.2, 0.25) is 0 Å². The van der Waals surface area contributed by atoms with E-state index in [1.807, 2.05) is 6.92 Å². The number of hydrogen-bond acceptors (Lipinski definition) is 9. The molecule has 8 atom stereocenters. The number of aliphatic hydroxyl groups is 1. The number of esters is 1. The highest BCUT2D eigenvalue weighted by Gasteiger charge is 2.68. The van der Waals surface area contributed by atoms with Gasteiger partial charge in [0.25, 0.3) is 0 Å². The molecule has 3 aliphatic carbocycles. The van der Waals surface area contributed by atoms with Crippen LogP contribution < -0.4 is 5.73 Å².